The van der Waals surface area contributed by atoms with E-state index in [1.54, 1.807) is 16.5 Å². The molecule has 0 unspecified atom stereocenters. The SMILES string of the molecule is CCOC(=O)[C@@H]1CCCN(Cn2nnn(-c3cc(C)ccc3OC)c2=S)C1. The normalized spacial score (nSPS) is 17.7. The quantitative estimate of drug-likeness (QED) is 0.553. The van der Waals surface area contributed by atoms with Gasteiger partial charge in [-0.05, 0) is 73.6 Å². The second kappa shape index (κ2) is 8.62. The fourth-order valence-electron chi connectivity index (χ4n) is 3.31. The lowest BCUT2D eigenvalue weighted by Gasteiger charge is -2.30. The molecule has 1 atom stereocenters. The molecule has 1 aliphatic heterocycles. The van der Waals surface area contributed by atoms with Gasteiger partial charge in [0.25, 0.3) is 0 Å². The molecule has 3 rings (SSSR count). The van der Waals surface area contributed by atoms with E-state index in [0.29, 0.717) is 30.3 Å². The Hall–Kier alpha value is -2.26. The van der Waals surface area contributed by atoms with Crippen LogP contribution in [0.15, 0.2) is 18.2 Å². The third kappa shape index (κ3) is 4.36. The summed E-state index contributed by atoms with van der Waals surface area (Å²) in [6.07, 6.45) is 1.80. The Kier molecular flexibility index (Phi) is 6.22. The first-order chi connectivity index (χ1) is 13.0. The molecule has 1 aromatic carbocycles. The highest BCUT2D eigenvalue weighted by molar-refractivity contribution is 7.71. The van der Waals surface area contributed by atoms with Crippen LogP contribution in [-0.2, 0) is 16.2 Å². The van der Waals surface area contributed by atoms with Gasteiger partial charge in [0.05, 0.1) is 26.3 Å². The average Bonchev–Trinajstić information content (AvgIpc) is 3.02. The van der Waals surface area contributed by atoms with Crippen molar-refractivity contribution >= 4 is 18.2 Å². The van der Waals surface area contributed by atoms with E-state index in [4.69, 9.17) is 21.7 Å². The maximum Gasteiger partial charge on any atom is 0.310 e. The second-order valence-corrected chi connectivity index (χ2v) is 7.02. The van der Waals surface area contributed by atoms with Crippen LogP contribution in [0.5, 0.6) is 5.75 Å². The first-order valence-electron chi connectivity index (χ1n) is 9.10. The molecule has 146 valence electrons. The number of tetrazole rings is 1. The van der Waals surface area contributed by atoms with E-state index in [1.165, 1.54) is 0 Å². The summed E-state index contributed by atoms with van der Waals surface area (Å²) in [5, 5.41) is 8.42. The van der Waals surface area contributed by atoms with Gasteiger partial charge in [-0.15, -0.1) is 0 Å². The van der Waals surface area contributed by atoms with E-state index in [0.717, 1.165) is 30.6 Å². The van der Waals surface area contributed by atoms with Crippen LogP contribution >= 0.6 is 12.2 Å². The van der Waals surface area contributed by atoms with Crippen LogP contribution in [0.4, 0.5) is 0 Å². The smallest absolute Gasteiger partial charge is 0.310 e. The number of aromatic nitrogens is 4. The van der Waals surface area contributed by atoms with Crippen molar-refractivity contribution in [1.82, 2.24) is 24.7 Å². The number of hydrogen-bond acceptors (Lipinski definition) is 7. The first kappa shape index (κ1) is 19.5. The summed E-state index contributed by atoms with van der Waals surface area (Å²) in [7, 11) is 1.62. The standard InChI is InChI=1S/C18H25N5O3S/c1-4-26-17(24)14-6-5-9-21(11-14)12-22-18(27)23(20-19-22)15-10-13(2)7-8-16(15)25-3/h7-8,10,14H,4-6,9,11-12H2,1-3H3/t14-/m1/s1. The zero-order valence-electron chi connectivity index (χ0n) is 15.9. The minimum atomic E-state index is -0.126. The molecule has 0 saturated carbocycles. The molecular formula is C18H25N5O3S. The number of carbonyl (C=O) groups excluding carboxylic acids is 1. The molecule has 0 bridgehead atoms. The number of piperidine rings is 1. The predicted octanol–water partition coefficient (Wildman–Crippen LogP) is 2.35. The molecule has 0 radical (unpaired) electrons. The van der Waals surface area contributed by atoms with E-state index in [9.17, 15) is 4.79 Å². The van der Waals surface area contributed by atoms with Gasteiger partial charge in [-0.25, -0.2) is 4.68 Å². The summed E-state index contributed by atoms with van der Waals surface area (Å²) in [4.78, 5) is 14.2. The van der Waals surface area contributed by atoms with Crippen molar-refractivity contribution in [2.45, 2.75) is 33.4 Å². The lowest BCUT2D eigenvalue weighted by molar-refractivity contribution is -0.150. The average molecular weight is 391 g/mol. The molecule has 9 heteroatoms. The molecule has 0 N–H and O–H groups in total. The fourth-order valence-corrected chi connectivity index (χ4v) is 3.53. The van der Waals surface area contributed by atoms with Gasteiger partial charge in [0.2, 0.25) is 4.77 Å². The minimum absolute atomic E-state index is 0.0974. The zero-order chi connectivity index (χ0) is 19.4. The number of benzene rings is 1. The van der Waals surface area contributed by atoms with Crippen LogP contribution in [0.25, 0.3) is 5.69 Å². The molecule has 2 aromatic rings. The molecule has 0 spiro atoms. The van der Waals surface area contributed by atoms with Crippen molar-refractivity contribution in [3.8, 4) is 11.4 Å². The Morgan fingerprint density at radius 3 is 2.93 bits per heavy atom. The van der Waals surface area contributed by atoms with Gasteiger partial charge in [0.15, 0.2) is 0 Å². The van der Waals surface area contributed by atoms with E-state index in [1.807, 2.05) is 32.0 Å². The minimum Gasteiger partial charge on any atom is -0.494 e. The topological polar surface area (TPSA) is 74.4 Å². The molecule has 1 aliphatic rings. The number of esters is 1. The van der Waals surface area contributed by atoms with E-state index in [2.05, 4.69) is 15.3 Å². The van der Waals surface area contributed by atoms with Gasteiger partial charge in [-0.2, -0.15) is 4.68 Å². The first-order valence-corrected chi connectivity index (χ1v) is 9.51. The van der Waals surface area contributed by atoms with Crippen LogP contribution in [0.1, 0.15) is 25.3 Å². The molecule has 1 fully saturated rings. The van der Waals surface area contributed by atoms with Gasteiger partial charge < -0.3 is 9.47 Å². The number of ether oxygens (including phenoxy) is 2. The number of hydrogen-bond donors (Lipinski definition) is 0. The summed E-state index contributed by atoms with van der Waals surface area (Å²) in [5.74, 6) is 0.461. The lowest BCUT2D eigenvalue weighted by Crippen LogP contribution is -2.40. The predicted molar refractivity (Wildman–Crippen MR) is 102 cm³/mol. The molecule has 8 nitrogen and oxygen atoms in total. The third-order valence-corrected chi connectivity index (χ3v) is 5.05. The fraction of sp³-hybridized carbons (Fsp3) is 0.556. The number of rotatable bonds is 6. The van der Waals surface area contributed by atoms with Crippen molar-refractivity contribution in [3.63, 3.8) is 0 Å². The molecular weight excluding hydrogens is 366 g/mol. The number of nitrogens with zero attached hydrogens (tertiary/aromatic N) is 5. The van der Waals surface area contributed by atoms with Gasteiger partial charge in [0, 0.05) is 6.54 Å². The zero-order valence-corrected chi connectivity index (χ0v) is 16.7. The van der Waals surface area contributed by atoms with Gasteiger partial charge in [-0.3, -0.25) is 9.69 Å². The Balaban J connectivity index is 1.77. The highest BCUT2D eigenvalue weighted by atomic mass is 32.1. The molecule has 27 heavy (non-hydrogen) atoms. The van der Waals surface area contributed by atoms with E-state index < -0.39 is 0 Å². The molecule has 1 saturated heterocycles. The Morgan fingerprint density at radius 2 is 2.19 bits per heavy atom. The van der Waals surface area contributed by atoms with E-state index >= 15 is 0 Å². The largest absolute Gasteiger partial charge is 0.494 e. The number of methoxy groups -OCH3 is 1. The number of aryl methyl sites for hydroxylation is 1. The van der Waals surface area contributed by atoms with Crippen LogP contribution in [0, 0.1) is 17.6 Å². The van der Waals surface area contributed by atoms with Crippen molar-refractivity contribution in [1.29, 1.82) is 0 Å². The van der Waals surface area contributed by atoms with E-state index in [-0.39, 0.29) is 11.9 Å². The van der Waals surface area contributed by atoms with Gasteiger partial charge >= 0.3 is 5.97 Å². The summed E-state index contributed by atoms with van der Waals surface area (Å²) in [6.45, 7) is 6.26. The number of carbonyl (C=O) groups is 1. The third-order valence-electron chi connectivity index (χ3n) is 4.66. The second-order valence-electron chi connectivity index (χ2n) is 6.66. The van der Waals surface area contributed by atoms with Crippen molar-refractivity contribution in [3.05, 3.63) is 28.5 Å². The number of likely N-dealkylation sites (tertiary alicyclic amines) is 1. The Morgan fingerprint density at radius 1 is 1.37 bits per heavy atom. The summed E-state index contributed by atoms with van der Waals surface area (Å²) in [6, 6.07) is 5.82. The Labute approximate surface area is 163 Å². The highest BCUT2D eigenvalue weighted by Crippen LogP contribution is 2.24. The monoisotopic (exact) mass is 391 g/mol. The van der Waals surface area contributed by atoms with Gasteiger partial charge in [-0.1, -0.05) is 6.07 Å². The van der Waals surface area contributed by atoms with Crippen molar-refractivity contribution < 1.29 is 14.3 Å². The van der Waals surface area contributed by atoms with Crippen LogP contribution < -0.4 is 4.74 Å². The van der Waals surface area contributed by atoms with Crippen molar-refractivity contribution in [2.24, 2.45) is 5.92 Å². The molecule has 0 aliphatic carbocycles. The summed E-state index contributed by atoms with van der Waals surface area (Å²) < 4.78 is 14.3. The summed E-state index contributed by atoms with van der Waals surface area (Å²) >= 11 is 5.58. The maximum absolute atomic E-state index is 12.0. The van der Waals surface area contributed by atoms with Crippen LogP contribution in [0.3, 0.4) is 0 Å². The highest BCUT2D eigenvalue weighted by Gasteiger charge is 2.27. The molecule has 0 amide bonds. The lowest BCUT2D eigenvalue weighted by atomic mass is 9.99. The summed E-state index contributed by atoms with van der Waals surface area (Å²) in [5.41, 5.74) is 1.84. The maximum atomic E-state index is 12.0. The molecule has 2 heterocycles. The molecule has 1 aromatic heterocycles. The Bertz CT molecular complexity index is 863. The van der Waals surface area contributed by atoms with Crippen LogP contribution in [0.2, 0.25) is 0 Å². The van der Waals surface area contributed by atoms with Crippen LogP contribution in [-0.4, -0.2) is 57.5 Å². The van der Waals surface area contributed by atoms with Crippen molar-refractivity contribution in [2.75, 3.05) is 26.8 Å². The van der Waals surface area contributed by atoms with Gasteiger partial charge in [0.1, 0.15) is 11.4 Å².